The van der Waals surface area contributed by atoms with Crippen molar-refractivity contribution in [3.63, 3.8) is 0 Å². The van der Waals surface area contributed by atoms with Gasteiger partial charge < -0.3 is 10.5 Å². The molecule has 1 aromatic rings. The van der Waals surface area contributed by atoms with E-state index in [1.807, 2.05) is 6.20 Å². The molecule has 4 nitrogen and oxygen atoms in total. The van der Waals surface area contributed by atoms with Gasteiger partial charge in [-0.1, -0.05) is 6.42 Å². The van der Waals surface area contributed by atoms with Crippen molar-refractivity contribution in [1.29, 1.82) is 0 Å². The Morgan fingerprint density at radius 3 is 3.18 bits per heavy atom. The van der Waals surface area contributed by atoms with Gasteiger partial charge >= 0.3 is 0 Å². The van der Waals surface area contributed by atoms with Gasteiger partial charge in [0.05, 0.1) is 0 Å². The molecule has 0 aliphatic heterocycles. The molecule has 17 heavy (non-hydrogen) atoms. The van der Waals surface area contributed by atoms with Gasteiger partial charge in [-0.25, -0.2) is 9.97 Å². The summed E-state index contributed by atoms with van der Waals surface area (Å²) >= 11 is 0. The van der Waals surface area contributed by atoms with Crippen molar-refractivity contribution < 1.29 is 4.74 Å². The lowest BCUT2D eigenvalue weighted by Crippen LogP contribution is -2.13. The number of aryl methyl sites for hydroxylation is 2. The second-order valence-corrected chi connectivity index (χ2v) is 4.64. The average molecular weight is 235 g/mol. The fraction of sp³-hybridized carbons (Fsp3) is 0.692. The van der Waals surface area contributed by atoms with Crippen LogP contribution in [-0.4, -0.2) is 23.7 Å². The van der Waals surface area contributed by atoms with E-state index in [-0.39, 0.29) is 6.04 Å². The zero-order chi connectivity index (χ0) is 12.1. The molecule has 0 amide bonds. The predicted octanol–water partition coefficient (Wildman–Crippen LogP) is 1.78. The topological polar surface area (TPSA) is 61.0 Å². The molecule has 0 bridgehead atoms. The monoisotopic (exact) mass is 235 g/mol. The number of methoxy groups -OCH3 is 1. The maximum Gasteiger partial charge on any atom is 0.128 e. The second kappa shape index (κ2) is 6.07. The normalized spacial score (nSPS) is 19.8. The van der Waals surface area contributed by atoms with Crippen LogP contribution in [0, 0.1) is 0 Å². The first kappa shape index (κ1) is 12.5. The third-order valence-corrected chi connectivity index (χ3v) is 3.28. The molecular weight excluding hydrogens is 214 g/mol. The molecule has 0 radical (unpaired) electrons. The summed E-state index contributed by atoms with van der Waals surface area (Å²) in [6.07, 6.45) is 8.27. The van der Waals surface area contributed by atoms with E-state index < -0.39 is 0 Å². The highest BCUT2D eigenvalue weighted by Gasteiger charge is 2.17. The van der Waals surface area contributed by atoms with E-state index in [1.165, 1.54) is 12.8 Å². The van der Waals surface area contributed by atoms with Crippen LogP contribution in [0.3, 0.4) is 0 Å². The van der Waals surface area contributed by atoms with Gasteiger partial charge in [0.1, 0.15) is 5.82 Å². The first-order valence-electron chi connectivity index (χ1n) is 6.40. The molecule has 2 N–H and O–H groups in total. The lowest BCUT2D eigenvalue weighted by molar-refractivity contribution is 0.194. The van der Waals surface area contributed by atoms with E-state index in [0.29, 0.717) is 0 Å². The quantitative estimate of drug-likeness (QED) is 0.638. The molecule has 1 aliphatic carbocycles. The molecule has 0 fully saturated rings. The smallest absolute Gasteiger partial charge is 0.128 e. The largest absolute Gasteiger partial charge is 0.385 e. The lowest BCUT2D eigenvalue weighted by atomic mass is 10.1. The van der Waals surface area contributed by atoms with Gasteiger partial charge in [-0.15, -0.1) is 0 Å². The number of fused-ring (bicyclic) bond motifs is 1. The van der Waals surface area contributed by atoms with Gasteiger partial charge in [0.2, 0.25) is 0 Å². The first-order valence-corrected chi connectivity index (χ1v) is 6.40. The van der Waals surface area contributed by atoms with Crippen molar-refractivity contribution in [2.45, 2.75) is 44.6 Å². The van der Waals surface area contributed by atoms with Crippen LogP contribution in [0.5, 0.6) is 0 Å². The van der Waals surface area contributed by atoms with E-state index in [1.54, 1.807) is 7.11 Å². The highest BCUT2D eigenvalue weighted by atomic mass is 16.5. The summed E-state index contributed by atoms with van der Waals surface area (Å²) in [4.78, 5) is 9.06. The number of nitrogens with zero attached hydrogens (tertiary/aromatic N) is 2. The van der Waals surface area contributed by atoms with Crippen molar-refractivity contribution in [3.05, 3.63) is 23.3 Å². The Balaban J connectivity index is 2.09. The highest BCUT2D eigenvalue weighted by Crippen LogP contribution is 2.25. The van der Waals surface area contributed by atoms with Crippen LogP contribution < -0.4 is 5.73 Å². The molecule has 1 atom stereocenters. The van der Waals surface area contributed by atoms with Crippen LogP contribution >= 0.6 is 0 Å². The van der Waals surface area contributed by atoms with Gasteiger partial charge in [0.15, 0.2) is 0 Å². The SMILES string of the molecule is COCCCc1ncc2c(n1)CCCCC2N. The Bertz CT molecular complexity index is 368. The Kier molecular flexibility index (Phi) is 4.45. The van der Waals surface area contributed by atoms with Crippen LogP contribution in [0.2, 0.25) is 0 Å². The molecule has 1 aliphatic rings. The zero-order valence-corrected chi connectivity index (χ0v) is 10.5. The third-order valence-electron chi connectivity index (χ3n) is 3.28. The molecule has 1 unspecified atom stereocenters. The summed E-state index contributed by atoms with van der Waals surface area (Å²) in [6, 6.07) is 0.125. The van der Waals surface area contributed by atoms with Gasteiger partial charge in [0.25, 0.3) is 0 Å². The number of ether oxygens (including phenoxy) is 1. The molecule has 0 saturated carbocycles. The summed E-state index contributed by atoms with van der Waals surface area (Å²) in [7, 11) is 1.72. The first-order chi connectivity index (χ1) is 8.31. The summed E-state index contributed by atoms with van der Waals surface area (Å²) in [5.74, 6) is 0.926. The third kappa shape index (κ3) is 3.23. The fourth-order valence-electron chi connectivity index (χ4n) is 2.29. The summed E-state index contributed by atoms with van der Waals surface area (Å²) in [6.45, 7) is 0.764. The van der Waals surface area contributed by atoms with Crippen molar-refractivity contribution in [2.24, 2.45) is 5.73 Å². The number of aromatic nitrogens is 2. The standard InChI is InChI=1S/C13H21N3O/c1-17-8-4-7-13-15-9-10-11(14)5-2-3-6-12(10)16-13/h9,11H,2-8,14H2,1H3. The zero-order valence-electron chi connectivity index (χ0n) is 10.5. The second-order valence-electron chi connectivity index (χ2n) is 4.64. The summed E-state index contributed by atoms with van der Waals surface area (Å²) in [5, 5.41) is 0. The number of nitrogens with two attached hydrogens (primary N) is 1. The van der Waals surface area contributed by atoms with E-state index in [9.17, 15) is 0 Å². The minimum Gasteiger partial charge on any atom is -0.385 e. The highest BCUT2D eigenvalue weighted by molar-refractivity contribution is 5.22. The minimum absolute atomic E-state index is 0.125. The fourth-order valence-corrected chi connectivity index (χ4v) is 2.29. The van der Waals surface area contributed by atoms with Crippen molar-refractivity contribution in [3.8, 4) is 0 Å². The summed E-state index contributed by atoms with van der Waals surface area (Å²) < 4.78 is 5.04. The maximum absolute atomic E-state index is 6.12. The van der Waals surface area contributed by atoms with Crippen LogP contribution in [0.4, 0.5) is 0 Å². The van der Waals surface area contributed by atoms with Crippen LogP contribution in [0.1, 0.15) is 48.8 Å². The van der Waals surface area contributed by atoms with E-state index in [4.69, 9.17) is 10.5 Å². The van der Waals surface area contributed by atoms with Crippen molar-refractivity contribution >= 4 is 0 Å². The predicted molar refractivity (Wildman–Crippen MR) is 66.7 cm³/mol. The van der Waals surface area contributed by atoms with Gasteiger partial charge in [0, 0.05) is 43.6 Å². The van der Waals surface area contributed by atoms with Gasteiger partial charge in [-0.05, 0) is 25.7 Å². The Hall–Kier alpha value is -1.00. The molecular formula is C13H21N3O. The average Bonchev–Trinajstić information content (AvgIpc) is 2.52. The summed E-state index contributed by atoms with van der Waals surface area (Å²) in [5.41, 5.74) is 8.43. The maximum atomic E-state index is 6.12. The Morgan fingerprint density at radius 1 is 1.47 bits per heavy atom. The van der Waals surface area contributed by atoms with Crippen LogP contribution in [0.25, 0.3) is 0 Å². The Morgan fingerprint density at radius 2 is 2.35 bits per heavy atom. The van der Waals surface area contributed by atoms with E-state index in [0.717, 1.165) is 49.4 Å². The van der Waals surface area contributed by atoms with Crippen LogP contribution in [-0.2, 0) is 17.6 Å². The molecule has 94 valence electrons. The van der Waals surface area contributed by atoms with E-state index >= 15 is 0 Å². The minimum atomic E-state index is 0.125. The van der Waals surface area contributed by atoms with Gasteiger partial charge in [-0.3, -0.25) is 0 Å². The molecule has 0 spiro atoms. The number of hydrogen-bond acceptors (Lipinski definition) is 4. The van der Waals surface area contributed by atoms with Crippen LogP contribution in [0.15, 0.2) is 6.20 Å². The molecule has 1 heterocycles. The molecule has 0 saturated heterocycles. The Labute approximate surface area is 103 Å². The number of hydrogen-bond donors (Lipinski definition) is 1. The van der Waals surface area contributed by atoms with Crippen molar-refractivity contribution in [2.75, 3.05) is 13.7 Å². The van der Waals surface area contributed by atoms with Crippen molar-refractivity contribution in [1.82, 2.24) is 9.97 Å². The lowest BCUT2D eigenvalue weighted by Gasteiger charge is -2.12. The molecule has 4 heteroatoms. The van der Waals surface area contributed by atoms with E-state index in [2.05, 4.69) is 9.97 Å². The molecule has 1 aromatic heterocycles. The van der Waals surface area contributed by atoms with Gasteiger partial charge in [-0.2, -0.15) is 0 Å². The number of rotatable bonds is 4. The molecule has 0 aromatic carbocycles. The molecule has 2 rings (SSSR count).